The fourth-order valence-electron chi connectivity index (χ4n) is 3.18. The summed E-state index contributed by atoms with van der Waals surface area (Å²) < 4.78 is 1.79. The lowest BCUT2D eigenvalue weighted by Gasteiger charge is -2.27. The molecule has 1 heterocycles. The molecular formula is C15H18N2O3S. The summed E-state index contributed by atoms with van der Waals surface area (Å²) in [6, 6.07) is 4.76. The van der Waals surface area contributed by atoms with Gasteiger partial charge in [-0.05, 0) is 37.3 Å². The van der Waals surface area contributed by atoms with Crippen molar-refractivity contribution in [2.24, 2.45) is 0 Å². The summed E-state index contributed by atoms with van der Waals surface area (Å²) in [5.41, 5.74) is 1.42. The minimum atomic E-state index is -0.974. The average molecular weight is 306 g/mol. The van der Waals surface area contributed by atoms with Gasteiger partial charge in [-0.2, -0.15) is 11.8 Å². The summed E-state index contributed by atoms with van der Waals surface area (Å²) in [7, 11) is 0. The Hall–Kier alpha value is -1.69. The van der Waals surface area contributed by atoms with Gasteiger partial charge in [-0.15, -0.1) is 0 Å². The zero-order chi connectivity index (χ0) is 15.0. The fraction of sp³-hybridized carbons (Fsp3) is 0.467. The third-order valence-electron chi connectivity index (χ3n) is 4.42. The van der Waals surface area contributed by atoms with E-state index in [0.717, 1.165) is 12.8 Å². The molecule has 2 N–H and O–H groups in total. The van der Waals surface area contributed by atoms with Crippen LogP contribution in [0.4, 0.5) is 0 Å². The van der Waals surface area contributed by atoms with Crippen LogP contribution in [-0.4, -0.2) is 31.6 Å². The molecule has 1 aliphatic carbocycles. The SMILES string of the molecule is CSC1(Cn2c(=O)[nH]c3ccc(C(=O)O)cc32)CCCC1. The number of nitrogens with one attached hydrogen (secondary N) is 1. The number of carboxylic acids is 1. The zero-order valence-electron chi connectivity index (χ0n) is 11.9. The van der Waals surface area contributed by atoms with E-state index in [4.69, 9.17) is 5.11 Å². The number of carboxylic acid groups (broad SMARTS) is 1. The van der Waals surface area contributed by atoms with Crippen LogP contribution in [0.2, 0.25) is 0 Å². The van der Waals surface area contributed by atoms with Crippen LogP contribution < -0.4 is 5.69 Å². The van der Waals surface area contributed by atoms with Crippen molar-refractivity contribution in [1.82, 2.24) is 9.55 Å². The van der Waals surface area contributed by atoms with E-state index in [1.807, 2.05) is 11.8 Å². The van der Waals surface area contributed by atoms with Crippen LogP contribution in [0, 0.1) is 0 Å². The lowest BCUT2D eigenvalue weighted by atomic mass is 10.1. The highest BCUT2D eigenvalue weighted by molar-refractivity contribution is 8.00. The minimum Gasteiger partial charge on any atom is -0.478 e. The van der Waals surface area contributed by atoms with Crippen LogP contribution >= 0.6 is 11.8 Å². The number of rotatable bonds is 4. The van der Waals surface area contributed by atoms with Crippen molar-refractivity contribution in [2.45, 2.75) is 37.0 Å². The van der Waals surface area contributed by atoms with Gasteiger partial charge >= 0.3 is 11.7 Å². The van der Waals surface area contributed by atoms with E-state index < -0.39 is 5.97 Å². The summed E-state index contributed by atoms with van der Waals surface area (Å²) >= 11 is 1.82. The highest BCUT2D eigenvalue weighted by atomic mass is 32.2. The molecule has 1 aliphatic rings. The van der Waals surface area contributed by atoms with Crippen molar-refractivity contribution in [3.8, 4) is 0 Å². The third-order valence-corrected chi connectivity index (χ3v) is 5.82. The number of hydrogen-bond donors (Lipinski definition) is 2. The number of nitrogens with zero attached hydrogens (tertiary/aromatic N) is 1. The Bertz CT molecular complexity index is 741. The molecule has 5 nitrogen and oxygen atoms in total. The van der Waals surface area contributed by atoms with Gasteiger partial charge in [0.25, 0.3) is 0 Å². The number of hydrogen-bond acceptors (Lipinski definition) is 3. The first-order chi connectivity index (χ1) is 10.0. The highest BCUT2D eigenvalue weighted by Crippen LogP contribution is 2.41. The Morgan fingerprint density at radius 1 is 1.43 bits per heavy atom. The molecule has 1 fully saturated rings. The zero-order valence-corrected chi connectivity index (χ0v) is 12.7. The molecule has 0 spiro atoms. The maximum absolute atomic E-state index is 12.2. The second-order valence-electron chi connectivity index (χ2n) is 5.65. The number of H-pyrrole nitrogens is 1. The standard InChI is InChI=1S/C15H18N2O3S/c1-21-15(6-2-3-7-15)9-17-12-8-10(13(18)19)4-5-11(12)16-14(17)20/h4-5,8H,2-3,6-7,9H2,1H3,(H,16,20)(H,18,19). The van der Waals surface area contributed by atoms with E-state index in [9.17, 15) is 9.59 Å². The van der Waals surface area contributed by atoms with Crippen molar-refractivity contribution in [3.63, 3.8) is 0 Å². The molecule has 21 heavy (non-hydrogen) atoms. The molecule has 1 aromatic heterocycles. The molecule has 1 aromatic carbocycles. The molecular weight excluding hydrogens is 288 g/mol. The summed E-state index contributed by atoms with van der Waals surface area (Å²) in [6.45, 7) is 0.635. The first-order valence-corrected chi connectivity index (χ1v) is 8.28. The van der Waals surface area contributed by atoms with Gasteiger partial charge in [-0.25, -0.2) is 9.59 Å². The maximum atomic E-state index is 12.2. The molecule has 0 bridgehead atoms. The van der Waals surface area contributed by atoms with Crippen molar-refractivity contribution >= 4 is 28.8 Å². The lowest BCUT2D eigenvalue weighted by molar-refractivity contribution is 0.0697. The second kappa shape index (κ2) is 5.26. The maximum Gasteiger partial charge on any atom is 0.335 e. The van der Waals surface area contributed by atoms with Gasteiger partial charge in [0.05, 0.1) is 16.6 Å². The van der Waals surface area contributed by atoms with Crippen molar-refractivity contribution < 1.29 is 9.90 Å². The first-order valence-electron chi connectivity index (χ1n) is 7.06. The van der Waals surface area contributed by atoms with Crippen LogP contribution in [0.1, 0.15) is 36.0 Å². The summed E-state index contributed by atoms with van der Waals surface area (Å²) in [5.74, 6) is -0.974. The average Bonchev–Trinajstić information content (AvgIpc) is 3.05. The molecule has 0 unspecified atom stereocenters. The van der Waals surface area contributed by atoms with Crippen LogP contribution in [0.3, 0.4) is 0 Å². The van der Waals surface area contributed by atoms with Gasteiger partial charge in [0.2, 0.25) is 0 Å². The van der Waals surface area contributed by atoms with Crippen LogP contribution in [0.15, 0.2) is 23.0 Å². The molecule has 0 saturated heterocycles. The number of aromatic nitrogens is 2. The van der Waals surface area contributed by atoms with E-state index in [-0.39, 0.29) is 16.0 Å². The van der Waals surface area contributed by atoms with Crippen LogP contribution in [0.25, 0.3) is 11.0 Å². The molecule has 0 aliphatic heterocycles. The first kappa shape index (κ1) is 14.3. The Morgan fingerprint density at radius 3 is 2.76 bits per heavy atom. The highest BCUT2D eigenvalue weighted by Gasteiger charge is 2.34. The lowest BCUT2D eigenvalue weighted by Crippen LogP contribution is -2.31. The van der Waals surface area contributed by atoms with Crippen molar-refractivity contribution in [2.75, 3.05) is 6.26 Å². The number of thioether (sulfide) groups is 1. The molecule has 6 heteroatoms. The van der Waals surface area contributed by atoms with Gasteiger partial charge in [0.1, 0.15) is 0 Å². The quantitative estimate of drug-likeness (QED) is 0.910. The Labute approximate surface area is 126 Å². The number of carbonyl (C=O) groups is 1. The van der Waals surface area contributed by atoms with Gasteiger partial charge in [-0.1, -0.05) is 12.8 Å². The number of fused-ring (bicyclic) bond motifs is 1. The third kappa shape index (κ3) is 2.48. The van der Waals surface area contributed by atoms with E-state index in [1.54, 1.807) is 16.7 Å². The molecule has 0 radical (unpaired) electrons. The van der Waals surface area contributed by atoms with Crippen LogP contribution in [0.5, 0.6) is 0 Å². The van der Waals surface area contributed by atoms with E-state index in [0.29, 0.717) is 17.6 Å². The number of benzene rings is 1. The van der Waals surface area contributed by atoms with Gasteiger partial charge < -0.3 is 10.1 Å². The van der Waals surface area contributed by atoms with Crippen molar-refractivity contribution in [3.05, 3.63) is 34.2 Å². The molecule has 3 rings (SSSR count). The largest absolute Gasteiger partial charge is 0.478 e. The fourth-order valence-corrected chi connectivity index (χ4v) is 4.13. The molecule has 1 saturated carbocycles. The van der Waals surface area contributed by atoms with E-state index in [1.165, 1.54) is 18.9 Å². The van der Waals surface area contributed by atoms with Gasteiger partial charge in [0.15, 0.2) is 0 Å². The topological polar surface area (TPSA) is 75.1 Å². The number of imidazole rings is 1. The Balaban J connectivity index is 2.08. The molecule has 112 valence electrons. The predicted octanol–water partition coefficient (Wildman–Crippen LogP) is 2.70. The Kier molecular flexibility index (Phi) is 3.57. The molecule has 2 aromatic rings. The van der Waals surface area contributed by atoms with Gasteiger partial charge in [0, 0.05) is 11.3 Å². The predicted molar refractivity (Wildman–Crippen MR) is 84.2 cm³/mol. The Morgan fingerprint density at radius 2 is 2.14 bits per heavy atom. The summed E-state index contributed by atoms with van der Waals surface area (Å²) in [6.07, 6.45) is 6.68. The van der Waals surface area contributed by atoms with Crippen LogP contribution in [-0.2, 0) is 6.54 Å². The summed E-state index contributed by atoms with van der Waals surface area (Å²) in [4.78, 5) is 26.2. The van der Waals surface area contributed by atoms with E-state index in [2.05, 4.69) is 11.2 Å². The molecule has 0 amide bonds. The number of aromatic carboxylic acids is 1. The van der Waals surface area contributed by atoms with E-state index >= 15 is 0 Å². The normalized spacial score (nSPS) is 17.4. The number of aromatic amines is 1. The van der Waals surface area contributed by atoms with Gasteiger partial charge in [-0.3, -0.25) is 4.57 Å². The van der Waals surface area contributed by atoms with Crippen molar-refractivity contribution in [1.29, 1.82) is 0 Å². The summed E-state index contributed by atoms with van der Waals surface area (Å²) in [5, 5.41) is 9.12. The second-order valence-corrected chi connectivity index (χ2v) is 6.92. The monoisotopic (exact) mass is 306 g/mol. The molecule has 0 atom stereocenters. The smallest absolute Gasteiger partial charge is 0.335 e. The minimum absolute atomic E-state index is 0.0954.